The van der Waals surface area contributed by atoms with Crippen LogP contribution in [0.3, 0.4) is 0 Å². The van der Waals surface area contributed by atoms with Gasteiger partial charge in [-0.1, -0.05) is 36.4 Å². The van der Waals surface area contributed by atoms with Gasteiger partial charge in [-0.2, -0.15) is 0 Å². The van der Waals surface area contributed by atoms with E-state index in [9.17, 15) is 9.90 Å². The minimum atomic E-state index is -0.148. The van der Waals surface area contributed by atoms with E-state index in [0.29, 0.717) is 29.2 Å². The number of phenolic OH excluding ortho intramolecular Hbond substituents is 1. The van der Waals surface area contributed by atoms with Crippen LogP contribution in [0.2, 0.25) is 0 Å². The lowest BCUT2D eigenvalue weighted by atomic mass is 10.0. The van der Waals surface area contributed by atoms with Crippen LogP contribution in [0.4, 0.5) is 0 Å². The Kier molecular flexibility index (Phi) is 4.79. The summed E-state index contributed by atoms with van der Waals surface area (Å²) in [7, 11) is 1.98. The number of aromatic hydroxyl groups is 1. The average Bonchev–Trinajstić information content (AvgIpc) is 3.28. The number of Topliss-reactive ketones (excluding diaryl/α,β-unsaturated/α-hetero) is 1. The molecule has 0 fully saturated rings. The number of thiophene rings is 1. The van der Waals surface area contributed by atoms with Crippen molar-refractivity contribution in [3.05, 3.63) is 87.3 Å². The molecule has 136 valence electrons. The van der Waals surface area contributed by atoms with Crippen LogP contribution in [0.5, 0.6) is 11.5 Å². The van der Waals surface area contributed by atoms with Crippen molar-refractivity contribution in [3.63, 3.8) is 0 Å². The van der Waals surface area contributed by atoms with Crippen molar-refractivity contribution in [2.45, 2.75) is 13.1 Å². The van der Waals surface area contributed by atoms with Gasteiger partial charge in [0.15, 0.2) is 5.76 Å². The van der Waals surface area contributed by atoms with E-state index in [0.717, 1.165) is 11.4 Å². The second-order valence-electron chi connectivity index (χ2n) is 6.55. The van der Waals surface area contributed by atoms with E-state index in [1.54, 1.807) is 29.5 Å². The Hall–Kier alpha value is -2.89. The third kappa shape index (κ3) is 3.65. The molecule has 0 saturated heterocycles. The molecule has 0 atom stereocenters. The van der Waals surface area contributed by atoms with Crippen LogP contribution in [0, 0.1) is 0 Å². The molecule has 0 radical (unpaired) electrons. The van der Waals surface area contributed by atoms with Crippen LogP contribution < -0.4 is 4.74 Å². The maximum Gasteiger partial charge on any atom is 0.232 e. The highest BCUT2D eigenvalue weighted by Gasteiger charge is 2.31. The number of phenols is 1. The first-order chi connectivity index (χ1) is 13.1. The fourth-order valence-corrected chi connectivity index (χ4v) is 3.82. The monoisotopic (exact) mass is 377 g/mol. The van der Waals surface area contributed by atoms with E-state index < -0.39 is 0 Å². The van der Waals surface area contributed by atoms with E-state index in [1.807, 2.05) is 42.8 Å². The third-order valence-electron chi connectivity index (χ3n) is 4.46. The summed E-state index contributed by atoms with van der Waals surface area (Å²) >= 11 is 1.54. The smallest absolute Gasteiger partial charge is 0.232 e. The van der Waals surface area contributed by atoms with Gasteiger partial charge in [0.2, 0.25) is 5.78 Å². The van der Waals surface area contributed by atoms with Gasteiger partial charge in [-0.25, -0.2) is 0 Å². The van der Waals surface area contributed by atoms with Gasteiger partial charge in [0.05, 0.1) is 11.1 Å². The number of carbonyl (C=O) groups is 1. The molecule has 5 heteroatoms. The fourth-order valence-electron chi connectivity index (χ4n) is 3.17. The van der Waals surface area contributed by atoms with Crippen LogP contribution in [0.25, 0.3) is 6.08 Å². The van der Waals surface area contributed by atoms with Crippen molar-refractivity contribution >= 4 is 23.2 Å². The van der Waals surface area contributed by atoms with Crippen LogP contribution >= 0.6 is 11.3 Å². The summed E-state index contributed by atoms with van der Waals surface area (Å²) in [5.74, 6) is 0.747. The first-order valence-corrected chi connectivity index (χ1v) is 9.55. The maximum absolute atomic E-state index is 12.7. The molecule has 1 aromatic heterocycles. The van der Waals surface area contributed by atoms with Crippen molar-refractivity contribution < 1.29 is 14.6 Å². The number of ketones is 1. The number of hydrogen-bond acceptors (Lipinski definition) is 5. The largest absolute Gasteiger partial charge is 0.507 e. The molecule has 4 rings (SSSR count). The Balaban J connectivity index is 1.60. The number of allylic oxidation sites excluding steroid dienone is 1. The number of nitrogens with zero attached hydrogens (tertiary/aromatic N) is 1. The lowest BCUT2D eigenvalue weighted by Crippen LogP contribution is -2.17. The molecule has 3 aromatic rings. The number of hydrogen-bond donors (Lipinski definition) is 1. The number of benzene rings is 2. The highest BCUT2D eigenvalue weighted by atomic mass is 32.1. The molecule has 4 nitrogen and oxygen atoms in total. The van der Waals surface area contributed by atoms with Crippen LogP contribution in [0.15, 0.2) is 65.7 Å². The molecule has 27 heavy (non-hydrogen) atoms. The van der Waals surface area contributed by atoms with Crippen LogP contribution in [-0.2, 0) is 13.1 Å². The van der Waals surface area contributed by atoms with Gasteiger partial charge in [0.1, 0.15) is 11.5 Å². The minimum absolute atomic E-state index is 0.138. The Morgan fingerprint density at radius 2 is 1.89 bits per heavy atom. The molecule has 1 aliphatic heterocycles. The van der Waals surface area contributed by atoms with E-state index in [1.165, 1.54) is 5.56 Å². The molecule has 0 spiro atoms. The topological polar surface area (TPSA) is 49.8 Å². The number of fused-ring (bicyclic) bond motifs is 1. The van der Waals surface area contributed by atoms with Crippen molar-refractivity contribution in [1.29, 1.82) is 0 Å². The molecule has 1 aliphatic rings. The van der Waals surface area contributed by atoms with Crippen molar-refractivity contribution in [3.8, 4) is 11.5 Å². The van der Waals surface area contributed by atoms with Gasteiger partial charge in [-0.15, -0.1) is 11.3 Å². The van der Waals surface area contributed by atoms with E-state index in [4.69, 9.17) is 4.74 Å². The predicted octanol–water partition coefficient (Wildman–Crippen LogP) is 4.70. The van der Waals surface area contributed by atoms with Gasteiger partial charge in [0.25, 0.3) is 0 Å². The van der Waals surface area contributed by atoms with Gasteiger partial charge in [-0.05, 0) is 36.2 Å². The Morgan fingerprint density at radius 1 is 1.07 bits per heavy atom. The van der Waals surface area contributed by atoms with Crippen LogP contribution in [-0.4, -0.2) is 22.8 Å². The zero-order valence-corrected chi connectivity index (χ0v) is 15.7. The second kappa shape index (κ2) is 7.39. The van der Waals surface area contributed by atoms with E-state index in [-0.39, 0.29) is 11.5 Å². The Morgan fingerprint density at radius 3 is 2.63 bits per heavy atom. The highest BCUT2D eigenvalue weighted by Crippen LogP contribution is 2.40. The molecular weight excluding hydrogens is 358 g/mol. The number of rotatable bonds is 5. The average molecular weight is 377 g/mol. The first-order valence-electron chi connectivity index (χ1n) is 8.67. The SMILES string of the molecule is CN(Cc1ccccc1)Cc1c(O)ccc2c1O/C(=C\c1cccs1)C2=O. The summed E-state index contributed by atoms with van der Waals surface area (Å²) in [5.41, 5.74) is 2.31. The van der Waals surface area contributed by atoms with Gasteiger partial charge in [-0.3, -0.25) is 9.69 Å². The van der Waals surface area contributed by atoms with Gasteiger partial charge < -0.3 is 9.84 Å². The standard InChI is InChI=1S/C22H19NO3S/c1-23(13-15-6-3-2-4-7-15)14-18-19(24)10-9-17-21(25)20(26-22(17)18)12-16-8-5-11-27-16/h2-12,24H,13-14H2,1H3/b20-12-. The Labute approximate surface area is 162 Å². The van der Waals surface area contributed by atoms with Gasteiger partial charge in [0, 0.05) is 24.0 Å². The van der Waals surface area contributed by atoms with Crippen molar-refractivity contribution in [2.24, 2.45) is 0 Å². The summed E-state index contributed by atoms with van der Waals surface area (Å²) < 4.78 is 5.89. The zero-order chi connectivity index (χ0) is 18.8. The molecule has 0 aliphatic carbocycles. The molecule has 1 N–H and O–H groups in total. The molecule has 0 unspecified atom stereocenters. The first kappa shape index (κ1) is 17.5. The fraction of sp³-hybridized carbons (Fsp3) is 0.136. The predicted molar refractivity (Wildman–Crippen MR) is 107 cm³/mol. The summed E-state index contributed by atoms with van der Waals surface area (Å²) in [6.07, 6.45) is 1.75. The van der Waals surface area contributed by atoms with E-state index in [2.05, 4.69) is 17.0 Å². The zero-order valence-electron chi connectivity index (χ0n) is 14.9. The summed E-state index contributed by atoms with van der Waals surface area (Å²) in [5, 5.41) is 12.3. The molecule has 0 amide bonds. The summed E-state index contributed by atoms with van der Waals surface area (Å²) in [4.78, 5) is 15.7. The lowest BCUT2D eigenvalue weighted by Gasteiger charge is -2.19. The lowest BCUT2D eigenvalue weighted by molar-refractivity contribution is 0.101. The van der Waals surface area contributed by atoms with Crippen LogP contribution in [0.1, 0.15) is 26.4 Å². The van der Waals surface area contributed by atoms with E-state index >= 15 is 0 Å². The molecule has 2 heterocycles. The molecule has 0 saturated carbocycles. The summed E-state index contributed by atoms with van der Waals surface area (Å²) in [6.45, 7) is 1.21. The van der Waals surface area contributed by atoms with Gasteiger partial charge >= 0.3 is 0 Å². The molecule has 0 bridgehead atoms. The summed E-state index contributed by atoms with van der Waals surface area (Å²) in [6, 6.07) is 17.2. The number of ether oxygens (including phenoxy) is 1. The highest BCUT2D eigenvalue weighted by molar-refractivity contribution is 7.10. The second-order valence-corrected chi connectivity index (χ2v) is 7.53. The maximum atomic E-state index is 12.7. The molecular formula is C22H19NO3S. The molecule has 2 aromatic carbocycles. The minimum Gasteiger partial charge on any atom is -0.507 e. The van der Waals surface area contributed by atoms with Crippen molar-refractivity contribution in [2.75, 3.05) is 7.05 Å². The van der Waals surface area contributed by atoms with Crippen molar-refractivity contribution in [1.82, 2.24) is 4.90 Å². The number of carbonyl (C=O) groups excluding carboxylic acids is 1. The quantitative estimate of drug-likeness (QED) is 0.655. The Bertz CT molecular complexity index is 994. The normalized spacial score (nSPS) is 14.6. The third-order valence-corrected chi connectivity index (χ3v) is 5.28.